The van der Waals surface area contributed by atoms with Crippen LogP contribution in [0.25, 0.3) is 0 Å². The molecular weight excluding hydrogens is 392 g/mol. The summed E-state index contributed by atoms with van der Waals surface area (Å²) in [5, 5.41) is 0. The van der Waals surface area contributed by atoms with Crippen LogP contribution in [0.4, 0.5) is 0 Å². The van der Waals surface area contributed by atoms with Crippen molar-refractivity contribution in [3.05, 3.63) is 68.5 Å². The molecule has 30 heavy (non-hydrogen) atoms. The molecule has 5 atom stereocenters. The fourth-order valence-electron chi connectivity index (χ4n) is 4.26. The second-order valence-corrected chi connectivity index (χ2v) is 7.72. The average Bonchev–Trinajstić information content (AvgIpc) is 3.24. The van der Waals surface area contributed by atoms with Gasteiger partial charge in [0.15, 0.2) is 5.60 Å². The number of aryl methyl sites for hydroxylation is 1. The third kappa shape index (κ3) is 3.15. The number of fused-ring (bicyclic) bond motifs is 1. The molecule has 2 aromatic rings. The van der Waals surface area contributed by atoms with Gasteiger partial charge in [0.1, 0.15) is 18.8 Å². The van der Waals surface area contributed by atoms with E-state index in [1.54, 1.807) is 37.3 Å². The lowest BCUT2D eigenvalue weighted by atomic mass is 9.96. The Kier molecular flexibility index (Phi) is 4.85. The Hall–Kier alpha value is -3.20. The molecule has 0 spiro atoms. The molecular formula is C21H22N2O7. The van der Waals surface area contributed by atoms with Gasteiger partial charge in [-0.3, -0.25) is 19.1 Å². The maximum atomic E-state index is 12.3. The smallest absolute Gasteiger partial charge is 0.338 e. The fourth-order valence-corrected chi connectivity index (χ4v) is 4.26. The molecule has 5 unspecified atom stereocenters. The second kappa shape index (κ2) is 7.24. The molecule has 1 aromatic carbocycles. The van der Waals surface area contributed by atoms with E-state index in [9.17, 15) is 19.2 Å². The summed E-state index contributed by atoms with van der Waals surface area (Å²) in [6.45, 7) is 4.69. The minimum absolute atomic E-state index is 0.0132. The third-order valence-corrected chi connectivity index (χ3v) is 5.83. The Morgan fingerprint density at radius 2 is 1.93 bits per heavy atom. The zero-order valence-corrected chi connectivity index (χ0v) is 16.8. The number of esters is 2. The Bertz CT molecular complexity index is 1110. The Balaban J connectivity index is 1.54. The number of aromatic amines is 1. The maximum Gasteiger partial charge on any atom is 0.338 e. The summed E-state index contributed by atoms with van der Waals surface area (Å²) in [6, 6.07) is 8.02. The number of hydrogen-bond donors (Lipinski definition) is 1. The number of ether oxygens (including phenoxy) is 3. The number of H-pyrrole nitrogens is 1. The van der Waals surface area contributed by atoms with E-state index in [2.05, 4.69) is 4.98 Å². The zero-order chi connectivity index (χ0) is 21.6. The summed E-state index contributed by atoms with van der Waals surface area (Å²) in [5.41, 5.74) is -1.35. The SMILES string of the molecule is CC(=O)OC12C(C)C(COC(=O)c3ccccc3)OC1C2n1cc(C)c(=O)[nH]c1=O. The van der Waals surface area contributed by atoms with Gasteiger partial charge in [0, 0.05) is 24.6 Å². The Morgan fingerprint density at radius 3 is 2.60 bits per heavy atom. The molecule has 1 saturated carbocycles. The van der Waals surface area contributed by atoms with Gasteiger partial charge in [-0.05, 0) is 19.1 Å². The highest BCUT2D eigenvalue weighted by molar-refractivity contribution is 5.89. The quantitative estimate of drug-likeness (QED) is 0.725. The first-order chi connectivity index (χ1) is 14.3. The topological polar surface area (TPSA) is 117 Å². The Morgan fingerprint density at radius 1 is 1.23 bits per heavy atom. The molecule has 1 aromatic heterocycles. The van der Waals surface area contributed by atoms with Gasteiger partial charge in [0.05, 0.1) is 11.7 Å². The lowest BCUT2D eigenvalue weighted by molar-refractivity contribution is -0.152. The summed E-state index contributed by atoms with van der Waals surface area (Å²) in [7, 11) is 0. The fraction of sp³-hybridized carbons (Fsp3) is 0.429. The third-order valence-electron chi connectivity index (χ3n) is 5.83. The molecule has 9 nitrogen and oxygen atoms in total. The number of hydrogen-bond acceptors (Lipinski definition) is 7. The highest BCUT2D eigenvalue weighted by Gasteiger charge is 2.79. The number of benzene rings is 1. The van der Waals surface area contributed by atoms with E-state index in [1.165, 1.54) is 17.7 Å². The molecule has 0 radical (unpaired) electrons. The predicted octanol–water partition coefficient (Wildman–Crippen LogP) is 0.962. The van der Waals surface area contributed by atoms with E-state index in [1.807, 2.05) is 6.92 Å². The lowest BCUT2D eigenvalue weighted by Crippen LogP contribution is -2.40. The molecule has 1 aliphatic carbocycles. The van der Waals surface area contributed by atoms with Gasteiger partial charge in [0.25, 0.3) is 5.56 Å². The maximum absolute atomic E-state index is 12.3. The summed E-state index contributed by atoms with van der Waals surface area (Å²) < 4.78 is 18.4. The molecule has 2 aliphatic rings. The van der Waals surface area contributed by atoms with Crippen molar-refractivity contribution in [3.63, 3.8) is 0 Å². The summed E-state index contributed by atoms with van der Waals surface area (Å²) in [5.74, 6) is -1.33. The van der Waals surface area contributed by atoms with E-state index in [4.69, 9.17) is 14.2 Å². The van der Waals surface area contributed by atoms with Crippen molar-refractivity contribution in [2.75, 3.05) is 6.61 Å². The molecule has 2 heterocycles. The minimum atomic E-state index is -1.07. The zero-order valence-electron chi connectivity index (χ0n) is 16.8. The highest BCUT2D eigenvalue weighted by atomic mass is 16.6. The van der Waals surface area contributed by atoms with Crippen LogP contribution in [0.2, 0.25) is 0 Å². The van der Waals surface area contributed by atoms with Gasteiger partial charge in [-0.15, -0.1) is 0 Å². The minimum Gasteiger partial charge on any atom is -0.459 e. The van der Waals surface area contributed by atoms with E-state index >= 15 is 0 Å². The van der Waals surface area contributed by atoms with Gasteiger partial charge < -0.3 is 14.2 Å². The molecule has 1 N–H and O–H groups in total. The van der Waals surface area contributed by atoms with Gasteiger partial charge >= 0.3 is 17.6 Å². The molecule has 0 bridgehead atoms. The number of rotatable bonds is 5. The molecule has 2 fully saturated rings. The summed E-state index contributed by atoms with van der Waals surface area (Å²) in [6.07, 6.45) is 0.355. The molecule has 1 saturated heterocycles. The van der Waals surface area contributed by atoms with Crippen LogP contribution in [-0.4, -0.2) is 45.9 Å². The standard InChI is InChI=1S/C21H22N2O7/c1-11-9-23(20(27)22-18(11)25)16-17-21(16,30-13(3)24)12(2)15(29-17)10-28-19(26)14-7-5-4-6-8-14/h4-9,12,15-17H,10H2,1-3H3,(H,22,25,27). The first kappa shape index (κ1) is 20.1. The van der Waals surface area contributed by atoms with E-state index in [0.717, 1.165) is 0 Å². The number of aromatic nitrogens is 2. The van der Waals surface area contributed by atoms with Crippen LogP contribution < -0.4 is 11.2 Å². The van der Waals surface area contributed by atoms with Crippen LogP contribution in [0.1, 0.15) is 35.8 Å². The van der Waals surface area contributed by atoms with Crippen LogP contribution in [0, 0.1) is 12.8 Å². The van der Waals surface area contributed by atoms with Gasteiger partial charge in [-0.1, -0.05) is 25.1 Å². The van der Waals surface area contributed by atoms with Gasteiger partial charge in [-0.2, -0.15) is 0 Å². The van der Waals surface area contributed by atoms with Crippen molar-refractivity contribution in [3.8, 4) is 0 Å². The van der Waals surface area contributed by atoms with Crippen LogP contribution in [0.5, 0.6) is 0 Å². The van der Waals surface area contributed by atoms with Gasteiger partial charge in [-0.25, -0.2) is 9.59 Å². The Labute approximate surface area is 171 Å². The van der Waals surface area contributed by atoms with E-state index < -0.39 is 47.0 Å². The van der Waals surface area contributed by atoms with Crippen LogP contribution in [0.3, 0.4) is 0 Å². The molecule has 9 heteroatoms. The van der Waals surface area contributed by atoms with Crippen molar-refractivity contribution >= 4 is 11.9 Å². The van der Waals surface area contributed by atoms with Crippen molar-refractivity contribution in [2.45, 2.75) is 44.6 Å². The summed E-state index contributed by atoms with van der Waals surface area (Å²) >= 11 is 0. The van der Waals surface area contributed by atoms with Crippen LogP contribution in [-0.2, 0) is 19.0 Å². The van der Waals surface area contributed by atoms with Crippen molar-refractivity contribution in [1.29, 1.82) is 0 Å². The van der Waals surface area contributed by atoms with E-state index in [-0.39, 0.29) is 12.5 Å². The van der Waals surface area contributed by atoms with Crippen LogP contribution in [0.15, 0.2) is 46.1 Å². The normalized spacial score (nSPS) is 29.2. The van der Waals surface area contributed by atoms with Crippen LogP contribution >= 0.6 is 0 Å². The molecule has 4 rings (SSSR count). The molecule has 1 aliphatic heterocycles. The monoisotopic (exact) mass is 414 g/mol. The first-order valence-corrected chi connectivity index (χ1v) is 9.65. The second-order valence-electron chi connectivity index (χ2n) is 7.72. The largest absolute Gasteiger partial charge is 0.459 e. The van der Waals surface area contributed by atoms with Crippen molar-refractivity contribution in [1.82, 2.24) is 9.55 Å². The lowest BCUT2D eigenvalue weighted by Gasteiger charge is -2.26. The van der Waals surface area contributed by atoms with Crippen molar-refractivity contribution < 1.29 is 23.8 Å². The molecule has 0 amide bonds. The van der Waals surface area contributed by atoms with Crippen molar-refractivity contribution in [2.24, 2.45) is 5.92 Å². The highest BCUT2D eigenvalue weighted by Crippen LogP contribution is 2.63. The number of carbonyl (C=O) groups excluding carboxylic acids is 2. The molecule has 158 valence electrons. The first-order valence-electron chi connectivity index (χ1n) is 9.65. The summed E-state index contributed by atoms with van der Waals surface area (Å²) in [4.78, 5) is 50.3. The number of nitrogens with one attached hydrogen (secondary N) is 1. The number of nitrogens with zero attached hydrogens (tertiary/aromatic N) is 1. The van der Waals surface area contributed by atoms with Gasteiger partial charge in [0.2, 0.25) is 0 Å². The number of carbonyl (C=O) groups is 2. The van der Waals surface area contributed by atoms with E-state index in [0.29, 0.717) is 11.1 Å². The average molecular weight is 414 g/mol. The predicted molar refractivity (Wildman–Crippen MR) is 104 cm³/mol.